The summed E-state index contributed by atoms with van der Waals surface area (Å²) in [6, 6.07) is 2.36. The molecule has 0 fully saturated rings. The van der Waals surface area contributed by atoms with Gasteiger partial charge in [0.05, 0.1) is 31.5 Å². The van der Waals surface area contributed by atoms with E-state index in [2.05, 4.69) is 19.5 Å². The third kappa shape index (κ3) is 6.05. The zero-order valence-corrected chi connectivity index (χ0v) is 12.8. The fourth-order valence-electron chi connectivity index (χ4n) is 1.58. The second kappa shape index (κ2) is 8.04. The van der Waals surface area contributed by atoms with Crippen LogP contribution in [0.15, 0.2) is 30.0 Å². The lowest BCUT2D eigenvalue weighted by Gasteiger charge is -2.14. The van der Waals surface area contributed by atoms with Crippen LogP contribution in [0.2, 0.25) is 0 Å². The third-order valence-corrected chi connectivity index (χ3v) is 2.59. The fraction of sp³-hybridized carbons (Fsp3) is 0.214. The number of nitrogens with one attached hydrogen (secondary N) is 1. The molecule has 0 saturated heterocycles. The van der Waals surface area contributed by atoms with Crippen LogP contribution >= 0.6 is 0 Å². The van der Waals surface area contributed by atoms with Gasteiger partial charge in [-0.1, -0.05) is 0 Å². The van der Waals surface area contributed by atoms with E-state index >= 15 is 0 Å². The minimum absolute atomic E-state index is 0.275. The van der Waals surface area contributed by atoms with Gasteiger partial charge in [0.15, 0.2) is 0 Å². The van der Waals surface area contributed by atoms with Crippen molar-refractivity contribution in [2.75, 3.05) is 19.5 Å². The summed E-state index contributed by atoms with van der Waals surface area (Å²) >= 11 is 0. The van der Waals surface area contributed by atoms with Crippen LogP contribution in [-0.4, -0.2) is 43.6 Å². The topological polar surface area (TPSA) is 111 Å². The molecule has 0 bridgehead atoms. The molecule has 0 amide bonds. The highest BCUT2D eigenvalue weighted by Crippen LogP contribution is 2.28. The first-order valence-corrected chi connectivity index (χ1v) is 6.35. The Morgan fingerprint density at radius 2 is 1.80 bits per heavy atom. The number of rotatable bonds is 6. The number of hydrogen-bond acceptors (Lipinski definition) is 7. The Balaban J connectivity index is 3.26. The van der Waals surface area contributed by atoms with Crippen molar-refractivity contribution >= 4 is 23.6 Å². The molecule has 25 heavy (non-hydrogen) atoms. The van der Waals surface area contributed by atoms with E-state index < -0.39 is 41.3 Å². The van der Waals surface area contributed by atoms with Gasteiger partial charge in [0.2, 0.25) is 0 Å². The molecule has 0 unspecified atom stereocenters. The number of alkyl halides is 3. The summed E-state index contributed by atoms with van der Waals surface area (Å²) in [6.07, 6.45) is -4.32. The number of anilines is 1. The maximum Gasteiger partial charge on any atom is 0.573 e. The highest BCUT2D eigenvalue weighted by Gasteiger charge is 2.31. The zero-order chi connectivity index (χ0) is 19.2. The summed E-state index contributed by atoms with van der Waals surface area (Å²) < 4.78 is 49.0. The summed E-state index contributed by atoms with van der Waals surface area (Å²) in [7, 11) is 2.05. The molecule has 1 rings (SSSR count). The molecule has 0 aliphatic heterocycles. The average Bonchev–Trinajstić information content (AvgIpc) is 2.52. The predicted molar refractivity (Wildman–Crippen MR) is 75.8 cm³/mol. The Bertz CT molecular complexity index is 713. The molecule has 0 aliphatic carbocycles. The number of carboxylic acids is 1. The molecule has 0 radical (unpaired) electrons. The van der Waals surface area contributed by atoms with Crippen molar-refractivity contribution in [3.63, 3.8) is 0 Å². The molecule has 0 heterocycles. The summed E-state index contributed by atoms with van der Waals surface area (Å²) in [4.78, 5) is 34.1. The fourth-order valence-corrected chi connectivity index (χ4v) is 1.58. The number of esters is 2. The Morgan fingerprint density at radius 1 is 1.16 bits per heavy atom. The summed E-state index contributed by atoms with van der Waals surface area (Å²) in [5, 5.41) is 11.4. The van der Waals surface area contributed by atoms with Crippen molar-refractivity contribution in [2.45, 2.75) is 6.36 Å². The van der Waals surface area contributed by atoms with Crippen LogP contribution in [0.3, 0.4) is 0 Å². The molecule has 0 atom stereocenters. The van der Waals surface area contributed by atoms with Crippen molar-refractivity contribution in [2.24, 2.45) is 0 Å². The molecule has 0 saturated carbocycles. The van der Waals surface area contributed by atoms with Crippen LogP contribution in [0.1, 0.15) is 10.4 Å². The van der Waals surface area contributed by atoms with Crippen LogP contribution < -0.4 is 10.1 Å². The van der Waals surface area contributed by atoms with Crippen LogP contribution in [0.5, 0.6) is 5.75 Å². The molecule has 1 aromatic rings. The molecule has 11 heteroatoms. The average molecular weight is 363 g/mol. The number of carbonyl (C=O) groups excluding carboxylic acids is 2. The van der Waals surface area contributed by atoms with Crippen molar-refractivity contribution in [3.05, 3.63) is 35.5 Å². The number of benzene rings is 1. The largest absolute Gasteiger partial charge is 0.573 e. The minimum atomic E-state index is -5.01. The standard InChI is InChI=1S/C14H12F3NO7/c1-23-11(19)6-10(13(22)24-2)18-9-4-3-7(25-14(15,16)17)5-8(9)12(20)21/h3-6,18H,1-2H3,(H,20,21)/b10-6+. The van der Waals surface area contributed by atoms with E-state index in [-0.39, 0.29) is 5.69 Å². The van der Waals surface area contributed by atoms with Gasteiger partial charge in [0.25, 0.3) is 0 Å². The van der Waals surface area contributed by atoms with Gasteiger partial charge < -0.3 is 24.6 Å². The van der Waals surface area contributed by atoms with E-state index in [1.165, 1.54) is 0 Å². The highest BCUT2D eigenvalue weighted by atomic mass is 19.4. The molecule has 136 valence electrons. The Morgan fingerprint density at radius 3 is 2.28 bits per heavy atom. The number of aromatic carboxylic acids is 1. The Labute approximate surface area is 138 Å². The van der Waals surface area contributed by atoms with E-state index in [4.69, 9.17) is 5.11 Å². The van der Waals surface area contributed by atoms with Gasteiger partial charge in [-0.2, -0.15) is 0 Å². The van der Waals surface area contributed by atoms with Crippen LogP contribution in [0.25, 0.3) is 0 Å². The smallest absolute Gasteiger partial charge is 0.478 e. The van der Waals surface area contributed by atoms with Gasteiger partial charge in [-0.05, 0) is 18.2 Å². The number of carbonyl (C=O) groups is 3. The quantitative estimate of drug-likeness (QED) is 0.583. The molecule has 0 aromatic heterocycles. The zero-order valence-electron chi connectivity index (χ0n) is 12.8. The number of methoxy groups -OCH3 is 2. The first-order valence-electron chi connectivity index (χ1n) is 6.35. The van der Waals surface area contributed by atoms with Crippen LogP contribution in [0, 0.1) is 0 Å². The van der Waals surface area contributed by atoms with Crippen molar-refractivity contribution in [1.82, 2.24) is 0 Å². The van der Waals surface area contributed by atoms with E-state index in [1.54, 1.807) is 0 Å². The molecular formula is C14H12F3NO7. The number of ether oxygens (including phenoxy) is 3. The first kappa shape index (κ1) is 19.8. The minimum Gasteiger partial charge on any atom is -0.478 e. The summed E-state index contributed by atoms with van der Waals surface area (Å²) in [5.74, 6) is -4.34. The van der Waals surface area contributed by atoms with E-state index in [0.29, 0.717) is 12.1 Å². The van der Waals surface area contributed by atoms with Crippen molar-refractivity contribution in [3.8, 4) is 5.75 Å². The monoisotopic (exact) mass is 363 g/mol. The lowest BCUT2D eigenvalue weighted by Crippen LogP contribution is -2.19. The van der Waals surface area contributed by atoms with Gasteiger partial charge in [0.1, 0.15) is 11.4 Å². The van der Waals surface area contributed by atoms with Gasteiger partial charge >= 0.3 is 24.3 Å². The highest BCUT2D eigenvalue weighted by molar-refractivity contribution is 6.01. The lowest BCUT2D eigenvalue weighted by atomic mass is 10.1. The van der Waals surface area contributed by atoms with Gasteiger partial charge in [-0.25, -0.2) is 14.4 Å². The molecule has 2 N–H and O–H groups in total. The predicted octanol–water partition coefficient (Wildman–Crippen LogP) is 1.93. The van der Waals surface area contributed by atoms with Crippen LogP contribution in [-0.2, 0) is 19.1 Å². The third-order valence-electron chi connectivity index (χ3n) is 2.59. The maximum absolute atomic E-state index is 12.2. The summed E-state index contributed by atoms with van der Waals surface area (Å²) in [6.45, 7) is 0. The van der Waals surface area contributed by atoms with E-state index in [9.17, 15) is 27.6 Å². The van der Waals surface area contributed by atoms with Gasteiger partial charge in [0, 0.05) is 0 Å². The van der Waals surface area contributed by atoms with Gasteiger partial charge in [-0.3, -0.25) is 0 Å². The molecule has 8 nitrogen and oxygen atoms in total. The Hall–Kier alpha value is -3.24. The van der Waals surface area contributed by atoms with E-state index in [0.717, 1.165) is 26.4 Å². The second-order valence-electron chi connectivity index (χ2n) is 4.26. The van der Waals surface area contributed by atoms with E-state index in [1.807, 2.05) is 0 Å². The first-order chi connectivity index (χ1) is 11.6. The maximum atomic E-state index is 12.2. The number of carboxylic acid groups (broad SMARTS) is 1. The molecule has 0 aliphatic rings. The Kier molecular flexibility index (Phi) is 6.37. The molecular weight excluding hydrogens is 351 g/mol. The molecule has 0 spiro atoms. The van der Waals surface area contributed by atoms with Crippen molar-refractivity contribution < 1.29 is 46.9 Å². The van der Waals surface area contributed by atoms with Crippen LogP contribution in [0.4, 0.5) is 18.9 Å². The number of halogens is 3. The SMILES string of the molecule is COC(=O)/C=C(/Nc1ccc(OC(F)(F)F)cc1C(=O)O)C(=O)OC. The van der Waals surface area contributed by atoms with Gasteiger partial charge in [-0.15, -0.1) is 13.2 Å². The van der Waals surface area contributed by atoms with Crippen molar-refractivity contribution in [1.29, 1.82) is 0 Å². The number of hydrogen-bond donors (Lipinski definition) is 2. The lowest BCUT2D eigenvalue weighted by molar-refractivity contribution is -0.274. The summed E-state index contributed by atoms with van der Waals surface area (Å²) in [5.41, 5.74) is -1.40. The second-order valence-corrected chi connectivity index (χ2v) is 4.26. The normalized spacial score (nSPS) is 11.5. The molecule has 1 aromatic carbocycles.